The van der Waals surface area contributed by atoms with Crippen LogP contribution in [0.4, 0.5) is 30.4 Å². The lowest BCUT2D eigenvalue weighted by atomic mass is 10.1. The molecular formula is C23H25F3N6O. The summed E-state index contributed by atoms with van der Waals surface area (Å²) in [5.74, 6) is -0.200. The van der Waals surface area contributed by atoms with Gasteiger partial charge in [0.1, 0.15) is 17.1 Å². The fourth-order valence-electron chi connectivity index (χ4n) is 4.08. The van der Waals surface area contributed by atoms with Gasteiger partial charge in [0, 0.05) is 30.2 Å². The second kappa shape index (κ2) is 9.14. The van der Waals surface area contributed by atoms with Gasteiger partial charge in [0.15, 0.2) is 0 Å². The quantitative estimate of drug-likeness (QED) is 0.426. The number of aromatic nitrogens is 2. The number of nitrogens with two attached hydrogens (primary N) is 2. The normalized spacial score (nSPS) is 18.3. The van der Waals surface area contributed by atoms with Crippen LogP contribution in [0.3, 0.4) is 0 Å². The Balaban J connectivity index is 1.72. The zero-order valence-corrected chi connectivity index (χ0v) is 17.8. The number of halogens is 3. The molecule has 10 heteroatoms. The van der Waals surface area contributed by atoms with E-state index in [1.54, 1.807) is 10.8 Å². The Morgan fingerprint density at radius 3 is 2.48 bits per heavy atom. The number of amides is 1. The largest absolute Gasteiger partial charge is 0.433 e. The Morgan fingerprint density at radius 2 is 1.91 bits per heavy atom. The predicted molar refractivity (Wildman–Crippen MR) is 120 cm³/mol. The molecule has 1 aromatic carbocycles. The van der Waals surface area contributed by atoms with Crippen LogP contribution >= 0.6 is 0 Å². The first-order chi connectivity index (χ1) is 15.7. The van der Waals surface area contributed by atoms with Crippen LogP contribution in [0.25, 0.3) is 0 Å². The first-order valence-electron chi connectivity index (χ1n) is 10.6. The molecular weight excluding hydrogens is 433 g/mol. The third kappa shape index (κ3) is 5.11. The van der Waals surface area contributed by atoms with Crippen molar-refractivity contribution in [2.75, 3.05) is 10.6 Å². The third-order valence-corrected chi connectivity index (χ3v) is 5.74. The van der Waals surface area contributed by atoms with Gasteiger partial charge < -0.3 is 26.7 Å². The second-order valence-electron chi connectivity index (χ2n) is 8.14. The highest BCUT2D eigenvalue weighted by Crippen LogP contribution is 2.33. The van der Waals surface area contributed by atoms with E-state index in [4.69, 9.17) is 11.5 Å². The van der Waals surface area contributed by atoms with Gasteiger partial charge in [-0.2, -0.15) is 13.2 Å². The Bertz CT molecular complexity index is 1110. The maximum absolute atomic E-state index is 12.9. The lowest BCUT2D eigenvalue weighted by Gasteiger charge is -2.18. The summed E-state index contributed by atoms with van der Waals surface area (Å²) in [6.45, 7) is 0.180. The summed E-state index contributed by atoms with van der Waals surface area (Å²) in [4.78, 5) is 16.0. The molecule has 0 spiro atoms. The minimum absolute atomic E-state index is 0.00346. The number of primary amides is 1. The molecule has 2 heterocycles. The first-order valence-corrected chi connectivity index (χ1v) is 10.6. The van der Waals surface area contributed by atoms with E-state index in [9.17, 15) is 18.0 Å². The van der Waals surface area contributed by atoms with E-state index in [-0.39, 0.29) is 24.2 Å². The van der Waals surface area contributed by atoms with Gasteiger partial charge in [0.05, 0.1) is 12.2 Å². The van der Waals surface area contributed by atoms with E-state index in [1.807, 2.05) is 30.3 Å². The number of hydrogen-bond donors (Lipinski definition) is 4. The minimum Gasteiger partial charge on any atom is -0.379 e. The molecule has 0 bridgehead atoms. The monoisotopic (exact) mass is 458 g/mol. The predicted octanol–water partition coefficient (Wildman–Crippen LogP) is 4.08. The topological polar surface area (TPSA) is 111 Å². The summed E-state index contributed by atoms with van der Waals surface area (Å²) in [6, 6.07) is 11.5. The van der Waals surface area contributed by atoms with Gasteiger partial charge in [0.2, 0.25) is 0 Å². The van der Waals surface area contributed by atoms with Crippen LogP contribution in [0.1, 0.15) is 40.9 Å². The van der Waals surface area contributed by atoms with Crippen molar-refractivity contribution in [3.63, 3.8) is 0 Å². The summed E-state index contributed by atoms with van der Waals surface area (Å²) in [5.41, 5.74) is 13.0. The molecule has 2 aromatic heterocycles. The number of nitrogens with one attached hydrogen (secondary N) is 2. The molecule has 2 atom stereocenters. The van der Waals surface area contributed by atoms with Crippen molar-refractivity contribution in [2.24, 2.45) is 11.5 Å². The SMILES string of the molecule is NC(=O)c1c(N[C@H]2CCC[C@H]2N)cn(Cc2ccc(C(F)(F)F)nc2)c1Nc1ccccc1. The van der Waals surface area contributed by atoms with E-state index in [0.29, 0.717) is 17.1 Å². The van der Waals surface area contributed by atoms with Crippen LogP contribution in [0.5, 0.6) is 0 Å². The van der Waals surface area contributed by atoms with Gasteiger partial charge in [-0.25, -0.2) is 0 Å². The fraction of sp³-hybridized carbons (Fsp3) is 0.304. The zero-order valence-electron chi connectivity index (χ0n) is 17.8. The number of alkyl halides is 3. The van der Waals surface area contributed by atoms with Gasteiger partial charge in [0.25, 0.3) is 5.91 Å². The Morgan fingerprint density at radius 1 is 1.15 bits per heavy atom. The highest BCUT2D eigenvalue weighted by Gasteiger charge is 2.32. The van der Waals surface area contributed by atoms with Crippen molar-refractivity contribution < 1.29 is 18.0 Å². The third-order valence-electron chi connectivity index (χ3n) is 5.74. The number of anilines is 3. The molecule has 174 valence electrons. The van der Waals surface area contributed by atoms with Crippen LogP contribution in [0.2, 0.25) is 0 Å². The lowest BCUT2D eigenvalue weighted by molar-refractivity contribution is -0.141. The maximum atomic E-state index is 12.9. The van der Waals surface area contributed by atoms with Gasteiger partial charge in [-0.1, -0.05) is 24.3 Å². The van der Waals surface area contributed by atoms with E-state index in [0.717, 1.165) is 31.0 Å². The smallest absolute Gasteiger partial charge is 0.379 e. The van der Waals surface area contributed by atoms with E-state index < -0.39 is 17.8 Å². The van der Waals surface area contributed by atoms with E-state index in [2.05, 4.69) is 15.6 Å². The summed E-state index contributed by atoms with van der Waals surface area (Å²) < 4.78 is 40.4. The lowest BCUT2D eigenvalue weighted by Crippen LogP contribution is -2.35. The van der Waals surface area contributed by atoms with E-state index >= 15 is 0 Å². The average Bonchev–Trinajstić information content (AvgIpc) is 3.32. The van der Waals surface area contributed by atoms with E-state index in [1.165, 1.54) is 12.3 Å². The van der Waals surface area contributed by atoms with Crippen LogP contribution in [0.15, 0.2) is 54.9 Å². The molecule has 0 unspecified atom stereocenters. The molecule has 0 aliphatic heterocycles. The summed E-state index contributed by atoms with van der Waals surface area (Å²) in [7, 11) is 0. The van der Waals surface area contributed by atoms with Crippen molar-refractivity contribution >= 4 is 23.1 Å². The van der Waals surface area contributed by atoms with Crippen LogP contribution in [0, 0.1) is 0 Å². The summed E-state index contributed by atoms with van der Waals surface area (Å²) in [5, 5.41) is 6.58. The molecule has 4 rings (SSSR count). The molecule has 0 radical (unpaired) electrons. The fourth-order valence-corrected chi connectivity index (χ4v) is 4.08. The van der Waals surface area contributed by atoms with Crippen molar-refractivity contribution in [3.05, 3.63) is 71.7 Å². The highest BCUT2D eigenvalue weighted by atomic mass is 19.4. The molecule has 33 heavy (non-hydrogen) atoms. The molecule has 1 aliphatic rings. The molecule has 1 aliphatic carbocycles. The number of rotatable bonds is 7. The maximum Gasteiger partial charge on any atom is 0.433 e. The molecule has 7 nitrogen and oxygen atoms in total. The molecule has 3 aromatic rings. The number of hydrogen-bond acceptors (Lipinski definition) is 5. The van der Waals surface area contributed by atoms with Crippen molar-refractivity contribution in [1.29, 1.82) is 0 Å². The Labute approximate surface area is 189 Å². The van der Waals surface area contributed by atoms with Crippen molar-refractivity contribution in [3.8, 4) is 0 Å². The highest BCUT2D eigenvalue weighted by molar-refractivity contribution is 6.04. The Hall–Kier alpha value is -3.53. The van der Waals surface area contributed by atoms with Crippen LogP contribution < -0.4 is 22.1 Å². The van der Waals surface area contributed by atoms with Gasteiger partial charge in [-0.15, -0.1) is 0 Å². The number of carbonyl (C=O) groups excluding carboxylic acids is 1. The molecule has 0 saturated heterocycles. The number of carbonyl (C=O) groups is 1. The number of pyridine rings is 1. The number of para-hydroxylation sites is 1. The summed E-state index contributed by atoms with van der Waals surface area (Å²) in [6.07, 6.45) is 1.14. The second-order valence-corrected chi connectivity index (χ2v) is 8.14. The van der Waals surface area contributed by atoms with Gasteiger partial charge in [-0.05, 0) is 43.0 Å². The molecule has 1 saturated carbocycles. The van der Waals surface area contributed by atoms with Gasteiger partial charge in [-0.3, -0.25) is 9.78 Å². The van der Waals surface area contributed by atoms with Crippen LogP contribution in [-0.2, 0) is 12.7 Å². The zero-order chi connectivity index (χ0) is 23.6. The molecule has 6 N–H and O–H groups in total. The molecule has 1 amide bonds. The standard InChI is InChI=1S/C23H25F3N6O/c24-23(25,26)19-10-9-14(11-29-19)12-32-13-18(31-17-8-4-7-16(17)27)20(21(28)33)22(32)30-15-5-2-1-3-6-15/h1-3,5-6,9-11,13,16-17,30-31H,4,7-8,12,27H2,(H2,28,33)/t16-,17+/m1/s1. The average molecular weight is 458 g/mol. The Kier molecular flexibility index (Phi) is 6.28. The van der Waals surface area contributed by atoms with Crippen LogP contribution in [-0.4, -0.2) is 27.5 Å². The minimum atomic E-state index is -4.51. The first kappa shape index (κ1) is 22.7. The van der Waals surface area contributed by atoms with Crippen molar-refractivity contribution in [1.82, 2.24) is 9.55 Å². The molecule has 1 fully saturated rings. The summed E-state index contributed by atoms with van der Waals surface area (Å²) >= 11 is 0. The van der Waals surface area contributed by atoms with Gasteiger partial charge >= 0.3 is 6.18 Å². The number of nitrogens with zero attached hydrogens (tertiary/aromatic N) is 2. The van der Waals surface area contributed by atoms with Crippen molar-refractivity contribution in [2.45, 2.75) is 44.1 Å². The number of benzene rings is 1.